The molecule has 0 saturated heterocycles. The Kier molecular flexibility index (Phi) is 4.72. The number of carbonyl (C=O) groups excluding carboxylic acids is 2. The summed E-state index contributed by atoms with van der Waals surface area (Å²) < 4.78 is 9.77. The van der Waals surface area contributed by atoms with Crippen molar-refractivity contribution in [1.82, 2.24) is 0 Å². The molecule has 0 aliphatic heterocycles. The van der Waals surface area contributed by atoms with Crippen molar-refractivity contribution < 1.29 is 19.1 Å². The lowest BCUT2D eigenvalue weighted by Gasteiger charge is -2.09. The van der Waals surface area contributed by atoms with E-state index in [-0.39, 0.29) is 5.97 Å². The van der Waals surface area contributed by atoms with Crippen molar-refractivity contribution in [3.8, 4) is 11.1 Å². The molecule has 0 radical (unpaired) electrons. The van der Waals surface area contributed by atoms with Gasteiger partial charge in [0.25, 0.3) is 0 Å². The number of ether oxygens (including phenoxy) is 2. The van der Waals surface area contributed by atoms with Gasteiger partial charge in [0.15, 0.2) is 0 Å². The van der Waals surface area contributed by atoms with Gasteiger partial charge in [0, 0.05) is 0 Å². The molecule has 4 nitrogen and oxygen atoms in total. The van der Waals surface area contributed by atoms with E-state index < -0.39 is 5.97 Å². The molecule has 2 rings (SSSR count). The molecule has 4 heteroatoms. The highest BCUT2D eigenvalue weighted by Gasteiger charge is 2.14. The zero-order chi connectivity index (χ0) is 15.2. The van der Waals surface area contributed by atoms with Gasteiger partial charge in [0.2, 0.25) is 0 Å². The van der Waals surface area contributed by atoms with Gasteiger partial charge < -0.3 is 9.47 Å². The minimum absolute atomic E-state index is 0.321. The summed E-state index contributed by atoms with van der Waals surface area (Å²) in [7, 11) is 1.34. The van der Waals surface area contributed by atoms with Gasteiger partial charge in [-0.25, -0.2) is 9.59 Å². The van der Waals surface area contributed by atoms with Crippen LogP contribution in [0.1, 0.15) is 27.6 Å². The van der Waals surface area contributed by atoms with Crippen molar-refractivity contribution in [1.29, 1.82) is 0 Å². The van der Waals surface area contributed by atoms with Crippen LogP contribution < -0.4 is 0 Å². The van der Waals surface area contributed by atoms with Crippen molar-refractivity contribution in [2.24, 2.45) is 0 Å². The lowest BCUT2D eigenvalue weighted by Crippen LogP contribution is -2.06. The Hall–Kier alpha value is -2.62. The molecule has 0 saturated carbocycles. The van der Waals surface area contributed by atoms with E-state index in [1.807, 2.05) is 18.2 Å². The minimum atomic E-state index is -0.410. The molecule has 0 heterocycles. The van der Waals surface area contributed by atoms with Crippen LogP contribution in [0.3, 0.4) is 0 Å². The molecule has 0 aliphatic carbocycles. The van der Waals surface area contributed by atoms with Crippen LogP contribution in [0.2, 0.25) is 0 Å². The van der Waals surface area contributed by atoms with Gasteiger partial charge in [0.05, 0.1) is 24.8 Å². The summed E-state index contributed by atoms with van der Waals surface area (Å²) in [6.07, 6.45) is 0. The topological polar surface area (TPSA) is 52.6 Å². The van der Waals surface area contributed by atoms with E-state index in [0.29, 0.717) is 17.7 Å². The number of carbonyl (C=O) groups is 2. The van der Waals surface area contributed by atoms with Gasteiger partial charge >= 0.3 is 11.9 Å². The van der Waals surface area contributed by atoms with Gasteiger partial charge in [-0.1, -0.05) is 30.3 Å². The van der Waals surface area contributed by atoms with E-state index >= 15 is 0 Å². The molecular weight excluding hydrogens is 268 g/mol. The van der Waals surface area contributed by atoms with E-state index in [1.54, 1.807) is 37.3 Å². The molecule has 2 aromatic carbocycles. The molecule has 2 aromatic rings. The third-order valence-electron chi connectivity index (χ3n) is 3.02. The third kappa shape index (κ3) is 3.28. The average molecular weight is 284 g/mol. The van der Waals surface area contributed by atoms with Crippen LogP contribution >= 0.6 is 0 Å². The number of benzene rings is 2. The first-order valence-corrected chi connectivity index (χ1v) is 6.62. The first-order valence-electron chi connectivity index (χ1n) is 6.62. The summed E-state index contributed by atoms with van der Waals surface area (Å²) in [6.45, 7) is 2.08. The summed E-state index contributed by atoms with van der Waals surface area (Å²) in [5.41, 5.74) is 2.40. The Bertz CT molecular complexity index is 661. The molecule has 0 amide bonds. The monoisotopic (exact) mass is 284 g/mol. The summed E-state index contributed by atoms with van der Waals surface area (Å²) in [6, 6.07) is 14.1. The quantitative estimate of drug-likeness (QED) is 0.808. The van der Waals surface area contributed by atoms with Gasteiger partial charge in [-0.2, -0.15) is 0 Å². The maximum atomic E-state index is 11.8. The van der Waals surface area contributed by atoms with E-state index in [4.69, 9.17) is 9.47 Å². The highest BCUT2D eigenvalue weighted by Crippen LogP contribution is 2.25. The molecule has 21 heavy (non-hydrogen) atoms. The molecule has 0 bridgehead atoms. The Morgan fingerprint density at radius 2 is 1.76 bits per heavy atom. The molecule has 0 aliphatic rings. The fourth-order valence-electron chi connectivity index (χ4n) is 2.05. The van der Waals surface area contributed by atoms with Crippen LogP contribution in [0, 0.1) is 0 Å². The van der Waals surface area contributed by atoms with E-state index in [9.17, 15) is 9.59 Å². The fraction of sp³-hybridized carbons (Fsp3) is 0.176. The van der Waals surface area contributed by atoms with Gasteiger partial charge in [-0.15, -0.1) is 0 Å². The van der Waals surface area contributed by atoms with Crippen LogP contribution in [0.4, 0.5) is 0 Å². The summed E-state index contributed by atoms with van der Waals surface area (Å²) in [5, 5.41) is 0. The fourth-order valence-corrected chi connectivity index (χ4v) is 2.05. The maximum absolute atomic E-state index is 11.8. The van der Waals surface area contributed by atoms with Crippen molar-refractivity contribution in [3.05, 3.63) is 59.7 Å². The maximum Gasteiger partial charge on any atom is 0.338 e. The first-order chi connectivity index (χ1) is 10.2. The van der Waals surface area contributed by atoms with Crippen molar-refractivity contribution in [2.45, 2.75) is 6.92 Å². The molecule has 0 N–H and O–H groups in total. The third-order valence-corrected chi connectivity index (χ3v) is 3.02. The molecule has 0 unspecified atom stereocenters. The summed E-state index contributed by atoms with van der Waals surface area (Å²) in [5.74, 6) is -0.790. The predicted octanol–water partition coefficient (Wildman–Crippen LogP) is 3.32. The van der Waals surface area contributed by atoms with Crippen LogP contribution in [-0.4, -0.2) is 25.7 Å². The first kappa shape index (κ1) is 14.8. The number of hydrogen-bond acceptors (Lipinski definition) is 4. The van der Waals surface area contributed by atoms with Gasteiger partial charge in [0.1, 0.15) is 0 Å². The van der Waals surface area contributed by atoms with Crippen LogP contribution in [-0.2, 0) is 9.47 Å². The molecular formula is C17H16O4. The number of esters is 2. The van der Waals surface area contributed by atoms with Crippen LogP contribution in [0.15, 0.2) is 48.5 Å². The van der Waals surface area contributed by atoms with Crippen molar-refractivity contribution in [3.63, 3.8) is 0 Å². The lowest BCUT2D eigenvalue weighted by atomic mass is 9.98. The smallest absolute Gasteiger partial charge is 0.338 e. The molecule has 0 atom stereocenters. The minimum Gasteiger partial charge on any atom is -0.465 e. The van der Waals surface area contributed by atoms with E-state index in [2.05, 4.69) is 0 Å². The Balaban J connectivity index is 2.46. The zero-order valence-corrected chi connectivity index (χ0v) is 12.0. The number of rotatable bonds is 4. The second-order valence-corrected chi connectivity index (χ2v) is 4.34. The molecule has 0 fully saturated rings. The van der Waals surface area contributed by atoms with Gasteiger partial charge in [-0.3, -0.25) is 0 Å². The Labute approximate surface area is 123 Å². The Morgan fingerprint density at radius 1 is 1.00 bits per heavy atom. The van der Waals surface area contributed by atoms with E-state index in [0.717, 1.165) is 11.1 Å². The Morgan fingerprint density at radius 3 is 2.48 bits per heavy atom. The summed E-state index contributed by atoms with van der Waals surface area (Å²) >= 11 is 0. The van der Waals surface area contributed by atoms with Crippen LogP contribution in [0.25, 0.3) is 11.1 Å². The average Bonchev–Trinajstić information content (AvgIpc) is 2.54. The molecule has 108 valence electrons. The highest BCUT2D eigenvalue weighted by molar-refractivity contribution is 5.98. The normalized spacial score (nSPS) is 10.0. The SMILES string of the molecule is CCOC(=O)c1cccc(-c2ccccc2C(=O)OC)c1. The summed E-state index contributed by atoms with van der Waals surface area (Å²) in [4.78, 5) is 23.6. The highest BCUT2D eigenvalue weighted by atomic mass is 16.5. The van der Waals surface area contributed by atoms with Crippen molar-refractivity contribution in [2.75, 3.05) is 13.7 Å². The zero-order valence-electron chi connectivity index (χ0n) is 12.0. The van der Waals surface area contributed by atoms with E-state index in [1.165, 1.54) is 7.11 Å². The van der Waals surface area contributed by atoms with Crippen LogP contribution in [0.5, 0.6) is 0 Å². The van der Waals surface area contributed by atoms with Crippen molar-refractivity contribution >= 4 is 11.9 Å². The standard InChI is InChI=1S/C17H16O4/c1-3-21-16(18)13-8-6-7-12(11-13)14-9-4-5-10-15(14)17(19)20-2/h4-11H,3H2,1-2H3. The lowest BCUT2D eigenvalue weighted by molar-refractivity contribution is 0.0525. The molecule has 0 aromatic heterocycles. The second-order valence-electron chi connectivity index (χ2n) is 4.34. The number of methoxy groups -OCH3 is 1. The predicted molar refractivity (Wildman–Crippen MR) is 79.2 cm³/mol. The van der Waals surface area contributed by atoms with Gasteiger partial charge in [-0.05, 0) is 36.2 Å². The second kappa shape index (κ2) is 6.70. The molecule has 0 spiro atoms. The largest absolute Gasteiger partial charge is 0.465 e. The number of hydrogen-bond donors (Lipinski definition) is 0.